The SMILES string of the molecule is CCOc1cc(C2C3=C(CCCC3=O)N(CCOC)C3=C2C(=O)CCC3)cc(I)c1O. The van der Waals surface area contributed by atoms with Crippen LogP contribution in [0.4, 0.5) is 0 Å². The van der Waals surface area contributed by atoms with Crippen LogP contribution in [0.15, 0.2) is 34.7 Å². The summed E-state index contributed by atoms with van der Waals surface area (Å²) in [4.78, 5) is 28.7. The van der Waals surface area contributed by atoms with E-state index in [1.807, 2.05) is 13.0 Å². The van der Waals surface area contributed by atoms with Crippen molar-refractivity contribution in [3.05, 3.63) is 43.8 Å². The number of ether oxygens (including phenoxy) is 2. The van der Waals surface area contributed by atoms with Gasteiger partial charge in [0.15, 0.2) is 23.1 Å². The third-order valence-corrected chi connectivity index (χ3v) is 7.11. The fraction of sp³-hybridized carbons (Fsp3) is 0.500. The lowest BCUT2D eigenvalue weighted by molar-refractivity contribution is -0.117. The number of carbonyl (C=O) groups excluding carboxylic acids is 2. The van der Waals surface area contributed by atoms with Crippen molar-refractivity contribution in [2.45, 2.75) is 51.4 Å². The number of Topliss-reactive ketones (excluding diaryl/α,β-unsaturated/α-hetero) is 2. The van der Waals surface area contributed by atoms with Crippen LogP contribution in [-0.2, 0) is 14.3 Å². The zero-order valence-corrected chi connectivity index (χ0v) is 20.2. The van der Waals surface area contributed by atoms with Crippen LogP contribution in [0, 0.1) is 3.57 Å². The number of hydrogen-bond donors (Lipinski definition) is 1. The van der Waals surface area contributed by atoms with Gasteiger partial charge < -0.3 is 19.5 Å². The van der Waals surface area contributed by atoms with E-state index in [0.29, 0.717) is 41.9 Å². The summed E-state index contributed by atoms with van der Waals surface area (Å²) in [5.74, 6) is 0.302. The van der Waals surface area contributed by atoms with Gasteiger partial charge >= 0.3 is 0 Å². The van der Waals surface area contributed by atoms with Crippen LogP contribution in [0.2, 0.25) is 0 Å². The number of nitrogens with zero attached hydrogens (tertiary/aromatic N) is 1. The second-order valence-corrected chi connectivity index (χ2v) is 9.30. The van der Waals surface area contributed by atoms with Gasteiger partial charge in [-0.15, -0.1) is 0 Å². The van der Waals surface area contributed by atoms with Crippen molar-refractivity contribution >= 4 is 34.2 Å². The molecule has 1 aromatic rings. The van der Waals surface area contributed by atoms with Crippen molar-refractivity contribution in [2.75, 3.05) is 26.9 Å². The molecule has 1 aromatic carbocycles. The van der Waals surface area contributed by atoms with Gasteiger partial charge in [0.2, 0.25) is 0 Å². The largest absolute Gasteiger partial charge is 0.504 e. The van der Waals surface area contributed by atoms with Gasteiger partial charge in [0, 0.05) is 55.0 Å². The van der Waals surface area contributed by atoms with E-state index in [-0.39, 0.29) is 17.3 Å². The standard InChI is InChI=1S/C24H28INO5/c1-3-31-20-13-14(12-15(25)24(20)29)21-22-16(6-4-8-18(22)27)26(10-11-30-2)17-7-5-9-19(28)23(17)21/h12-13,21,29H,3-11H2,1-2H3. The summed E-state index contributed by atoms with van der Waals surface area (Å²) in [6.45, 7) is 3.46. The number of allylic oxidation sites excluding steroid dienone is 4. The first kappa shape index (κ1) is 22.3. The van der Waals surface area contributed by atoms with E-state index in [1.54, 1.807) is 13.2 Å². The van der Waals surface area contributed by atoms with E-state index in [0.717, 1.165) is 53.8 Å². The average molecular weight is 537 g/mol. The highest BCUT2D eigenvalue weighted by Gasteiger charge is 2.43. The first-order valence-corrected chi connectivity index (χ1v) is 12.0. The van der Waals surface area contributed by atoms with Crippen molar-refractivity contribution in [3.8, 4) is 11.5 Å². The number of rotatable bonds is 6. The summed E-state index contributed by atoms with van der Waals surface area (Å²) in [7, 11) is 1.67. The number of hydrogen-bond acceptors (Lipinski definition) is 6. The highest BCUT2D eigenvalue weighted by atomic mass is 127. The molecular formula is C24H28INO5. The van der Waals surface area contributed by atoms with Crippen LogP contribution in [0.5, 0.6) is 11.5 Å². The Morgan fingerprint density at radius 2 is 1.68 bits per heavy atom. The van der Waals surface area contributed by atoms with Gasteiger partial charge in [0.25, 0.3) is 0 Å². The zero-order chi connectivity index (χ0) is 22.1. The predicted octanol–water partition coefficient (Wildman–Crippen LogP) is 4.46. The molecule has 0 spiro atoms. The lowest BCUT2D eigenvalue weighted by Crippen LogP contribution is -2.40. The van der Waals surface area contributed by atoms with Crippen molar-refractivity contribution in [1.82, 2.24) is 4.90 Å². The molecule has 0 aromatic heterocycles. The van der Waals surface area contributed by atoms with Gasteiger partial charge in [-0.2, -0.15) is 0 Å². The molecule has 3 aliphatic rings. The van der Waals surface area contributed by atoms with E-state index in [1.165, 1.54) is 0 Å². The summed E-state index contributed by atoms with van der Waals surface area (Å²) < 4.78 is 11.7. The Bertz CT molecular complexity index is 936. The molecule has 0 fully saturated rings. The molecule has 6 nitrogen and oxygen atoms in total. The molecule has 1 aliphatic heterocycles. The number of halogens is 1. The molecule has 0 bridgehead atoms. The maximum Gasteiger partial charge on any atom is 0.171 e. The molecule has 0 unspecified atom stereocenters. The lowest BCUT2D eigenvalue weighted by atomic mass is 9.71. The molecular weight excluding hydrogens is 509 g/mol. The highest BCUT2D eigenvalue weighted by molar-refractivity contribution is 14.1. The summed E-state index contributed by atoms with van der Waals surface area (Å²) in [6.07, 6.45) is 4.28. The summed E-state index contributed by atoms with van der Waals surface area (Å²) in [6, 6.07) is 3.68. The van der Waals surface area contributed by atoms with Crippen LogP contribution in [0.1, 0.15) is 56.9 Å². The smallest absolute Gasteiger partial charge is 0.171 e. The molecule has 0 saturated carbocycles. The van der Waals surface area contributed by atoms with Crippen LogP contribution in [0.25, 0.3) is 0 Å². The highest BCUT2D eigenvalue weighted by Crippen LogP contribution is 2.50. The van der Waals surface area contributed by atoms with Crippen molar-refractivity contribution in [2.24, 2.45) is 0 Å². The molecule has 0 amide bonds. The first-order chi connectivity index (χ1) is 15.0. The van der Waals surface area contributed by atoms with Crippen LogP contribution < -0.4 is 4.74 Å². The monoisotopic (exact) mass is 537 g/mol. The number of ketones is 2. The van der Waals surface area contributed by atoms with Gasteiger partial charge in [0.1, 0.15) is 0 Å². The predicted molar refractivity (Wildman–Crippen MR) is 125 cm³/mol. The molecule has 7 heteroatoms. The molecule has 0 atom stereocenters. The molecule has 2 aliphatic carbocycles. The van der Waals surface area contributed by atoms with Gasteiger partial charge in [-0.25, -0.2) is 0 Å². The van der Waals surface area contributed by atoms with E-state index in [4.69, 9.17) is 9.47 Å². The second kappa shape index (κ2) is 9.32. The minimum absolute atomic E-state index is 0.0945. The van der Waals surface area contributed by atoms with Crippen LogP contribution in [-0.4, -0.2) is 48.4 Å². The Kier molecular flexibility index (Phi) is 6.71. The summed E-state index contributed by atoms with van der Waals surface area (Å²) in [5.41, 5.74) is 4.38. The fourth-order valence-corrected chi connectivity index (χ4v) is 5.65. The van der Waals surface area contributed by atoms with Crippen LogP contribution in [0.3, 0.4) is 0 Å². The zero-order valence-electron chi connectivity index (χ0n) is 18.0. The van der Waals surface area contributed by atoms with Crippen molar-refractivity contribution in [1.29, 1.82) is 0 Å². The third kappa shape index (κ3) is 4.02. The normalized spacial score (nSPS) is 19.6. The maximum atomic E-state index is 13.2. The summed E-state index contributed by atoms with van der Waals surface area (Å²) >= 11 is 2.08. The number of phenolic OH excluding ortho intramolecular Hbond substituents is 1. The van der Waals surface area contributed by atoms with Gasteiger partial charge in [0.05, 0.1) is 16.8 Å². The number of methoxy groups -OCH3 is 1. The van der Waals surface area contributed by atoms with E-state index in [2.05, 4.69) is 27.5 Å². The maximum absolute atomic E-state index is 13.2. The van der Waals surface area contributed by atoms with E-state index < -0.39 is 5.92 Å². The molecule has 1 N–H and O–H groups in total. The Morgan fingerprint density at radius 1 is 1.06 bits per heavy atom. The Morgan fingerprint density at radius 3 is 2.23 bits per heavy atom. The first-order valence-electron chi connectivity index (χ1n) is 10.9. The molecule has 0 radical (unpaired) electrons. The number of aromatic hydroxyl groups is 1. The number of benzene rings is 1. The fourth-order valence-electron chi connectivity index (χ4n) is 5.03. The quantitative estimate of drug-likeness (QED) is 0.541. The van der Waals surface area contributed by atoms with Crippen LogP contribution >= 0.6 is 22.6 Å². The third-order valence-electron chi connectivity index (χ3n) is 6.29. The summed E-state index contributed by atoms with van der Waals surface area (Å²) in [5, 5.41) is 10.4. The Balaban J connectivity index is 1.94. The molecule has 0 saturated heterocycles. The van der Waals surface area contributed by atoms with E-state index >= 15 is 0 Å². The molecule has 4 rings (SSSR count). The molecule has 166 valence electrons. The topological polar surface area (TPSA) is 76.1 Å². The lowest BCUT2D eigenvalue weighted by Gasteiger charge is -2.44. The molecule has 31 heavy (non-hydrogen) atoms. The van der Waals surface area contributed by atoms with Gasteiger partial charge in [-0.3, -0.25) is 9.59 Å². The molecule has 1 heterocycles. The van der Waals surface area contributed by atoms with Gasteiger partial charge in [-0.1, -0.05) is 0 Å². The average Bonchev–Trinajstić information content (AvgIpc) is 2.75. The minimum Gasteiger partial charge on any atom is -0.504 e. The Hall–Kier alpha value is -1.87. The second-order valence-electron chi connectivity index (χ2n) is 8.13. The minimum atomic E-state index is -0.405. The number of phenols is 1. The van der Waals surface area contributed by atoms with E-state index in [9.17, 15) is 14.7 Å². The van der Waals surface area contributed by atoms with Crippen molar-refractivity contribution < 1.29 is 24.2 Å². The number of carbonyl (C=O) groups is 2. The van der Waals surface area contributed by atoms with Gasteiger partial charge in [-0.05, 0) is 72.9 Å². The van der Waals surface area contributed by atoms with Crippen molar-refractivity contribution in [3.63, 3.8) is 0 Å². The Labute approximate surface area is 196 Å².